The van der Waals surface area contributed by atoms with Crippen LogP contribution in [0.4, 0.5) is 5.69 Å². The molecule has 3 heterocycles. The molecule has 2 aromatic rings. The van der Waals surface area contributed by atoms with Crippen molar-refractivity contribution in [2.75, 3.05) is 38.4 Å². The zero-order valence-corrected chi connectivity index (χ0v) is 15.3. The van der Waals surface area contributed by atoms with Crippen molar-refractivity contribution in [2.24, 2.45) is 0 Å². The molecule has 0 saturated carbocycles. The van der Waals surface area contributed by atoms with Crippen LogP contribution in [0, 0.1) is 0 Å². The quantitative estimate of drug-likeness (QED) is 0.894. The summed E-state index contributed by atoms with van der Waals surface area (Å²) in [5.74, 6) is 3.37. The van der Waals surface area contributed by atoms with E-state index in [1.165, 1.54) is 18.4 Å². The van der Waals surface area contributed by atoms with Gasteiger partial charge in [-0.2, -0.15) is 0 Å². The lowest BCUT2D eigenvalue weighted by Crippen LogP contribution is -2.41. The second-order valence-electron chi connectivity index (χ2n) is 7.26. The lowest BCUT2D eigenvalue weighted by atomic mass is 10.0. The Morgan fingerprint density at radius 2 is 1.67 bits per heavy atom. The van der Waals surface area contributed by atoms with Crippen LogP contribution in [-0.4, -0.2) is 44.0 Å². The second-order valence-corrected chi connectivity index (χ2v) is 7.26. The van der Waals surface area contributed by atoms with E-state index >= 15 is 0 Å². The topological polar surface area (TPSA) is 52.2 Å². The van der Waals surface area contributed by atoms with Crippen molar-refractivity contribution in [3.8, 4) is 23.0 Å². The molecular weight excluding hydrogens is 344 g/mol. The number of anilines is 1. The van der Waals surface area contributed by atoms with Crippen LogP contribution < -0.4 is 24.3 Å². The molecule has 0 spiro atoms. The summed E-state index contributed by atoms with van der Waals surface area (Å²) < 4.78 is 22.2. The van der Waals surface area contributed by atoms with Crippen molar-refractivity contribution in [2.45, 2.75) is 25.4 Å². The van der Waals surface area contributed by atoms with E-state index in [9.17, 15) is 0 Å². The Balaban J connectivity index is 1.22. The molecule has 27 heavy (non-hydrogen) atoms. The molecule has 5 rings (SSSR count). The van der Waals surface area contributed by atoms with Gasteiger partial charge < -0.3 is 24.3 Å². The number of hydrogen-bond donors (Lipinski definition) is 1. The third-order valence-electron chi connectivity index (χ3n) is 5.26. The van der Waals surface area contributed by atoms with Crippen molar-refractivity contribution in [3.63, 3.8) is 0 Å². The minimum atomic E-state index is 0.311. The van der Waals surface area contributed by atoms with Gasteiger partial charge in [-0.1, -0.05) is 6.07 Å². The second kappa shape index (κ2) is 7.19. The molecule has 3 aliphatic heterocycles. The summed E-state index contributed by atoms with van der Waals surface area (Å²) in [6, 6.07) is 12.8. The highest BCUT2D eigenvalue weighted by Gasteiger charge is 2.22. The third kappa shape index (κ3) is 3.62. The number of benzene rings is 2. The molecule has 0 bridgehead atoms. The fourth-order valence-corrected chi connectivity index (χ4v) is 3.98. The van der Waals surface area contributed by atoms with Crippen LogP contribution in [0.15, 0.2) is 36.4 Å². The minimum absolute atomic E-state index is 0.311. The zero-order valence-electron chi connectivity index (χ0n) is 15.3. The van der Waals surface area contributed by atoms with Crippen molar-refractivity contribution >= 4 is 5.69 Å². The summed E-state index contributed by atoms with van der Waals surface area (Å²) >= 11 is 0. The van der Waals surface area contributed by atoms with E-state index in [1.807, 2.05) is 18.2 Å². The first-order valence-corrected chi connectivity index (χ1v) is 9.60. The summed E-state index contributed by atoms with van der Waals surface area (Å²) in [6.45, 7) is 4.63. The molecule has 0 amide bonds. The van der Waals surface area contributed by atoms with Crippen LogP contribution in [-0.2, 0) is 6.54 Å². The van der Waals surface area contributed by atoms with Crippen LogP contribution in [0.2, 0.25) is 0 Å². The van der Waals surface area contributed by atoms with Gasteiger partial charge in [0.25, 0.3) is 0 Å². The highest BCUT2D eigenvalue weighted by Crippen LogP contribution is 2.35. The Bertz CT molecular complexity index is 826. The van der Waals surface area contributed by atoms with E-state index in [-0.39, 0.29) is 0 Å². The minimum Gasteiger partial charge on any atom is -0.486 e. The third-order valence-corrected chi connectivity index (χ3v) is 5.26. The first-order valence-electron chi connectivity index (χ1n) is 9.60. The van der Waals surface area contributed by atoms with Crippen LogP contribution >= 0.6 is 0 Å². The van der Waals surface area contributed by atoms with Gasteiger partial charge in [-0.3, -0.25) is 4.90 Å². The highest BCUT2D eigenvalue weighted by atomic mass is 16.7. The Morgan fingerprint density at radius 1 is 0.889 bits per heavy atom. The van der Waals surface area contributed by atoms with Gasteiger partial charge in [-0.15, -0.1) is 0 Å². The molecule has 0 radical (unpaired) electrons. The van der Waals surface area contributed by atoms with Crippen LogP contribution in [0.25, 0.3) is 0 Å². The van der Waals surface area contributed by atoms with E-state index in [2.05, 4.69) is 28.4 Å². The average molecular weight is 368 g/mol. The standard InChI is InChI=1S/C21H24N2O4/c1-2-17(22-16-4-6-19-21(11-16)27-14-26-19)13-23(7-1)12-15-3-5-18-20(10-15)25-9-8-24-18/h3-6,10-11,17,22H,1-2,7-9,12-14H2. The number of ether oxygens (including phenoxy) is 4. The lowest BCUT2D eigenvalue weighted by Gasteiger charge is -2.34. The Labute approximate surface area is 159 Å². The molecule has 0 aliphatic carbocycles. The van der Waals surface area contributed by atoms with E-state index in [4.69, 9.17) is 18.9 Å². The predicted octanol–water partition coefficient (Wildman–Crippen LogP) is 3.26. The maximum absolute atomic E-state index is 5.71. The number of nitrogens with one attached hydrogen (secondary N) is 1. The molecule has 6 nitrogen and oxygen atoms in total. The molecule has 142 valence electrons. The predicted molar refractivity (Wildman–Crippen MR) is 102 cm³/mol. The van der Waals surface area contributed by atoms with Crippen LogP contribution in [0.3, 0.4) is 0 Å². The first-order chi connectivity index (χ1) is 13.3. The number of nitrogens with zero attached hydrogens (tertiary/aromatic N) is 1. The van der Waals surface area contributed by atoms with Gasteiger partial charge in [0.05, 0.1) is 0 Å². The smallest absolute Gasteiger partial charge is 0.231 e. The summed E-state index contributed by atoms with van der Waals surface area (Å²) in [5.41, 5.74) is 2.36. The van der Waals surface area contributed by atoms with E-state index < -0.39 is 0 Å². The van der Waals surface area contributed by atoms with Gasteiger partial charge >= 0.3 is 0 Å². The maximum Gasteiger partial charge on any atom is 0.231 e. The van der Waals surface area contributed by atoms with Gasteiger partial charge in [0.1, 0.15) is 13.2 Å². The van der Waals surface area contributed by atoms with Gasteiger partial charge in [-0.05, 0) is 49.2 Å². The molecule has 0 aromatic heterocycles. The SMILES string of the molecule is c1cc2c(cc1CN1CCCC(Nc3ccc4c(c3)OCO4)C1)OCCO2. The first kappa shape index (κ1) is 16.6. The molecule has 6 heteroatoms. The summed E-state index contributed by atoms with van der Waals surface area (Å²) in [6.07, 6.45) is 2.36. The number of fused-ring (bicyclic) bond motifs is 2. The summed E-state index contributed by atoms with van der Waals surface area (Å²) in [4.78, 5) is 2.50. The van der Waals surface area contributed by atoms with Crippen molar-refractivity contribution in [1.29, 1.82) is 0 Å². The maximum atomic E-state index is 5.71. The molecule has 2 aromatic carbocycles. The molecule has 1 atom stereocenters. The van der Waals surface area contributed by atoms with Gasteiger partial charge in [0.15, 0.2) is 23.0 Å². The molecule has 1 N–H and O–H groups in total. The molecule has 1 unspecified atom stereocenters. The van der Waals surface area contributed by atoms with Crippen molar-refractivity contribution in [1.82, 2.24) is 4.90 Å². The highest BCUT2D eigenvalue weighted by molar-refractivity contribution is 5.56. The largest absolute Gasteiger partial charge is 0.486 e. The number of hydrogen-bond acceptors (Lipinski definition) is 6. The number of rotatable bonds is 4. The lowest BCUT2D eigenvalue weighted by molar-refractivity contribution is 0.170. The molecule has 1 saturated heterocycles. The summed E-state index contributed by atoms with van der Waals surface area (Å²) in [5, 5.41) is 3.65. The molecule has 3 aliphatic rings. The van der Waals surface area contributed by atoms with Crippen molar-refractivity contribution < 1.29 is 18.9 Å². The van der Waals surface area contributed by atoms with Gasteiger partial charge in [0, 0.05) is 30.9 Å². The van der Waals surface area contributed by atoms with Crippen molar-refractivity contribution in [3.05, 3.63) is 42.0 Å². The summed E-state index contributed by atoms with van der Waals surface area (Å²) in [7, 11) is 0. The molecule has 1 fully saturated rings. The van der Waals surface area contributed by atoms with Gasteiger partial charge in [-0.25, -0.2) is 0 Å². The Morgan fingerprint density at radius 3 is 2.63 bits per heavy atom. The van der Waals surface area contributed by atoms with E-state index in [1.54, 1.807) is 0 Å². The number of likely N-dealkylation sites (tertiary alicyclic amines) is 1. The average Bonchev–Trinajstić information content (AvgIpc) is 3.16. The van der Waals surface area contributed by atoms with Crippen LogP contribution in [0.1, 0.15) is 18.4 Å². The van der Waals surface area contributed by atoms with Crippen LogP contribution in [0.5, 0.6) is 23.0 Å². The number of piperidine rings is 1. The Hall–Kier alpha value is -2.60. The fraction of sp³-hybridized carbons (Fsp3) is 0.429. The fourth-order valence-electron chi connectivity index (χ4n) is 3.98. The normalized spacial score (nSPS) is 21.1. The van der Waals surface area contributed by atoms with E-state index in [0.717, 1.165) is 48.3 Å². The van der Waals surface area contributed by atoms with E-state index in [0.29, 0.717) is 26.0 Å². The van der Waals surface area contributed by atoms with Gasteiger partial charge in [0.2, 0.25) is 6.79 Å². The zero-order chi connectivity index (χ0) is 18.1. The Kier molecular flexibility index (Phi) is 4.41. The monoisotopic (exact) mass is 368 g/mol. The molecular formula is C21H24N2O4.